The van der Waals surface area contributed by atoms with E-state index in [0.29, 0.717) is 0 Å². The second-order valence-corrected chi connectivity index (χ2v) is 7.58. The first kappa shape index (κ1) is 16.8. The van der Waals surface area contributed by atoms with Crippen LogP contribution in [0.15, 0.2) is 55.0 Å². The molecule has 0 bridgehead atoms. The first-order chi connectivity index (χ1) is 12.4. The Balaban J connectivity index is 1.91. The fourth-order valence-electron chi connectivity index (χ4n) is 3.94. The van der Waals surface area contributed by atoms with Crippen LogP contribution in [0.3, 0.4) is 0 Å². The number of benzene rings is 1. The summed E-state index contributed by atoms with van der Waals surface area (Å²) in [5.41, 5.74) is 4.03. The molecule has 0 spiro atoms. The highest BCUT2D eigenvalue weighted by molar-refractivity contribution is 6.34. The summed E-state index contributed by atoms with van der Waals surface area (Å²) in [7, 11) is 1.88. The van der Waals surface area contributed by atoms with Crippen molar-refractivity contribution in [1.29, 1.82) is 0 Å². The van der Waals surface area contributed by atoms with Crippen LogP contribution >= 0.6 is 11.6 Å². The van der Waals surface area contributed by atoms with Crippen molar-refractivity contribution in [2.75, 3.05) is 4.90 Å². The van der Waals surface area contributed by atoms with Gasteiger partial charge in [0.25, 0.3) is 0 Å². The summed E-state index contributed by atoms with van der Waals surface area (Å²) in [4.78, 5) is 17.2. The Morgan fingerprint density at radius 1 is 1.12 bits per heavy atom. The highest BCUT2D eigenvalue weighted by atomic mass is 35.5. The fraction of sp³-hybridized carbons (Fsp3) is 0.250. The zero-order valence-electron chi connectivity index (χ0n) is 14.8. The lowest BCUT2D eigenvalue weighted by Gasteiger charge is -2.40. The molecule has 1 aliphatic rings. The standard InChI is InChI=1S/C20H19ClN4O/c1-19(2)16-6-4-5-7-17(16)20(21,13-26)25(19)15-10-14(11-22-12-15)18-8-9-23-24(18)3/h4-13H,1-3H3. The van der Waals surface area contributed by atoms with Crippen molar-refractivity contribution in [2.24, 2.45) is 7.05 Å². The fourth-order valence-corrected chi connectivity index (χ4v) is 4.42. The van der Waals surface area contributed by atoms with Gasteiger partial charge in [-0.05, 0) is 31.5 Å². The zero-order valence-corrected chi connectivity index (χ0v) is 15.6. The summed E-state index contributed by atoms with van der Waals surface area (Å²) in [5.74, 6) is 0. The van der Waals surface area contributed by atoms with Crippen molar-refractivity contribution in [3.63, 3.8) is 0 Å². The molecule has 1 aliphatic heterocycles. The lowest BCUT2D eigenvalue weighted by atomic mass is 9.93. The number of aromatic nitrogens is 3. The maximum absolute atomic E-state index is 12.1. The molecule has 0 amide bonds. The number of hydrogen-bond acceptors (Lipinski definition) is 4. The quantitative estimate of drug-likeness (QED) is 0.401. The number of fused-ring (bicyclic) bond motifs is 1. The van der Waals surface area contributed by atoms with Gasteiger partial charge in [0, 0.05) is 30.6 Å². The van der Waals surface area contributed by atoms with Crippen LogP contribution < -0.4 is 4.90 Å². The highest BCUT2D eigenvalue weighted by Crippen LogP contribution is 2.53. The van der Waals surface area contributed by atoms with Gasteiger partial charge in [-0.3, -0.25) is 14.5 Å². The normalized spacial score (nSPS) is 20.8. The Labute approximate surface area is 157 Å². The largest absolute Gasteiger partial charge is 0.332 e. The van der Waals surface area contributed by atoms with E-state index in [2.05, 4.69) is 23.9 Å². The summed E-state index contributed by atoms with van der Waals surface area (Å²) in [6.07, 6.45) is 6.08. The van der Waals surface area contributed by atoms with Crippen LogP contribution in [0.4, 0.5) is 5.69 Å². The van der Waals surface area contributed by atoms with E-state index < -0.39 is 10.5 Å². The van der Waals surface area contributed by atoms with Crippen LogP contribution in [0, 0.1) is 0 Å². The average molecular weight is 367 g/mol. The number of carbonyl (C=O) groups is 1. The van der Waals surface area contributed by atoms with Crippen LogP contribution in [0.2, 0.25) is 0 Å². The third kappa shape index (κ3) is 2.20. The van der Waals surface area contributed by atoms with Crippen LogP contribution in [0.5, 0.6) is 0 Å². The molecule has 1 unspecified atom stereocenters. The Bertz CT molecular complexity index is 997. The van der Waals surface area contributed by atoms with Gasteiger partial charge < -0.3 is 4.90 Å². The van der Waals surface area contributed by atoms with Crippen molar-refractivity contribution in [1.82, 2.24) is 14.8 Å². The molecule has 1 atom stereocenters. The number of alkyl halides is 1. The number of pyridine rings is 1. The van der Waals surface area contributed by atoms with E-state index in [9.17, 15) is 4.79 Å². The minimum atomic E-state index is -1.27. The molecule has 0 saturated heterocycles. The molecule has 3 aromatic rings. The van der Waals surface area contributed by atoms with Crippen molar-refractivity contribution in [3.8, 4) is 11.3 Å². The SMILES string of the molecule is Cn1nccc1-c1cncc(N2C(C)(C)c3ccccc3C2(Cl)C=O)c1. The Morgan fingerprint density at radius 3 is 2.50 bits per heavy atom. The second kappa shape index (κ2) is 5.68. The zero-order chi connectivity index (χ0) is 18.5. The average Bonchev–Trinajstić information content (AvgIpc) is 3.14. The van der Waals surface area contributed by atoms with Crippen molar-refractivity contribution in [2.45, 2.75) is 24.4 Å². The lowest BCUT2D eigenvalue weighted by Crippen LogP contribution is -2.47. The number of anilines is 1. The molecule has 0 aliphatic carbocycles. The van der Waals surface area contributed by atoms with Crippen LogP contribution in [0.1, 0.15) is 25.0 Å². The molecule has 0 fully saturated rings. The molecule has 3 heterocycles. The van der Waals surface area contributed by atoms with E-state index in [1.165, 1.54) is 0 Å². The summed E-state index contributed by atoms with van der Waals surface area (Å²) in [6, 6.07) is 11.7. The summed E-state index contributed by atoms with van der Waals surface area (Å²) in [5, 5.41) is 4.22. The van der Waals surface area contributed by atoms with Gasteiger partial charge in [-0.1, -0.05) is 35.9 Å². The van der Waals surface area contributed by atoms with E-state index in [-0.39, 0.29) is 0 Å². The van der Waals surface area contributed by atoms with Gasteiger partial charge in [0.05, 0.1) is 23.1 Å². The van der Waals surface area contributed by atoms with Gasteiger partial charge in [-0.25, -0.2) is 0 Å². The Hall–Kier alpha value is -2.66. The highest BCUT2D eigenvalue weighted by Gasteiger charge is 2.53. The number of aryl methyl sites for hydroxylation is 1. The minimum absolute atomic E-state index is 0.466. The molecular formula is C20H19ClN4O. The number of rotatable bonds is 3. The number of nitrogens with zero attached hydrogens (tertiary/aromatic N) is 4. The van der Waals surface area contributed by atoms with Gasteiger partial charge in [-0.2, -0.15) is 5.10 Å². The third-order valence-electron chi connectivity index (χ3n) is 5.10. The van der Waals surface area contributed by atoms with E-state index in [1.807, 2.05) is 48.3 Å². The Morgan fingerprint density at radius 2 is 1.85 bits per heavy atom. The predicted octanol–water partition coefficient (Wildman–Crippen LogP) is 3.83. The van der Waals surface area contributed by atoms with Crippen molar-refractivity contribution >= 4 is 23.6 Å². The van der Waals surface area contributed by atoms with Gasteiger partial charge in [0.15, 0.2) is 11.3 Å². The van der Waals surface area contributed by atoms with E-state index in [4.69, 9.17) is 11.6 Å². The van der Waals surface area contributed by atoms with E-state index in [1.54, 1.807) is 23.3 Å². The number of carbonyl (C=O) groups excluding carboxylic acids is 1. The molecule has 6 heteroatoms. The number of hydrogen-bond donors (Lipinski definition) is 0. The molecule has 4 rings (SSSR count). The number of halogens is 1. The van der Waals surface area contributed by atoms with Crippen molar-refractivity contribution in [3.05, 3.63) is 66.1 Å². The molecule has 0 radical (unpaired) electrons. The summed E-state index contributed by atoms with van der Waals surface area (Å²) in [6.45, 7) is 4.13. The summed E-state index contributed by atoms with van der Waals surface area (Å²) < 4.78 is 1.79. The van der Waals surface area contributed by atoms with Gasteiger partial charge in [0.1, 0.15) is 0 Å². The third-order valence-corrected chi connectivity index (χ3v) is 5.56. The van der Waals surface area contributed by atoms with Gasteiger partial charge >= 0.3 is 0 Å². The van der Waals surface area contributed by atoms with E-state index >= 15 is 0 Å². The van der Waals surface area contributed by atoms with Crippen LogP contribution in [-0.4, -0.2) is 21.1 Å². The minimum Gasteiger partial charge on any atom is -0.332 e. The smallest absolute Gasteiger partial charge is 0.197 e. The second-order valence-electron chi connectivity index (χ2n) is 7.00. The van der Waals surface area contributed by atoms with Gasteiger partial charge in [-0.15, -0.1) is 0 Å². The molecular weight excluding hydrogens is 348 g/mol. The molecule has 2 aromatic heterocycles. The van der Waals surface area contributed by atoms with Crippen LogP contribution in [0.25, 0.3) is 11.3 Å². The van der Waals surface area contributed by atoms with E-state index in [0.717, 1.165) is 34.4 Å². The number of aldehydes is 1. The lowest BCUT2D eigenvalue weighted by molar-refractivity contribution is -0.110. The predicted molar refractivity (Wildman–Crippen MR) is 102 cm³/mol. The Kier molecular flexibility index (Phi) is 3.66. The first-order valence-electron chi connectivity index (χ1n) is 8.38. The van der Waals surface area contributed by atoms with Gasteiger partial charge in [0.2, 0.25) is 0 Å². The summed E-state index contributed by atoms with van der Waals surface area (Å²) >= 11 is 6.89. The van der Waals surface area contributed by atoms with Crippen molar-refractivity contribution < 1.29 is 4.79 Å². The topological polar surface area (TPSA) is 51.0 Å². The molecule has 0 N–H and O–H groups in total. The monoisotopic (exact) mass is 366 g/mol. The maximum atomic E-state index is 12.1. The molecule has 5 nitrogen and oxygen atoms in total. The first-order valence-corrected chi connectivity index (χ1v) is 8.76. The molecule has 0 saturated carbocycles. The molecule has 1 aromatic carbocycles. The molecule has 26 heavy (non-hydrogen) atoms. The maximum Gasteiger partial charge on any atom is 0.197 e. The van der Waals surface area contributed by atoms with Crippen LogP contribution in [-0.2, 0) is 22.4 Å². The molecule has 132 valence electrons.